The Bertz CT molecular complexity index is 877. The number of anilines is 1. The first-order valence-electron chi connectivity index (χ1n) is 9.97. The molecular formula is C22H27N5O. The first-order valence-corrected chi connectivity index (χ1v) is 9.97. The van der Waals surface area contributed by atoms with Crippen molar-refractivity contribution in [1.29, 1.82) is 0 Å². The minimum Gasteiger partial charge on any atom is -0.354 e. The van der Waals surface area contributed by atoms with Crippen LogP contribution < -0.4 is 4.90 Å². The van der Waals surface area contributed by atoms with Gasteiger partial charge in [-0.1, -0.05) is 35.5 Å². The SMILES string of the molecule is CC1CN(c2ccc(-c3nc(CCCc4ccccc4)no3)cn2)CCN1C. The molecule has 0 aliphatic carbocycles. The molecule has 0 saturated carbocycles. The molecule has 1 aliphatic rings. The van der Waals surface area contributed by atoms with Gasteiger partial charge in [-0.05, 0) is 44.5 Å². The number of aryl methyl sites for hydroxylation is 2. The maximum atomic E-state index is 5.45. The number of likely N-dealkylation sites (N-methyl/N-ethyl adjacent to an activating group) is 1. The second kappa shape index (κ2) is 8.52. The van der Waals surface area contributed by atoms with E-state index in [1.54, 1.807) is 0 Å². The van der Waals surface area contributed by atoms with Gasteiger partial charge in [-0.3, -0.25) is 0 Å². The van der Waals surface area contributed by atoms with Crippen molar-refractivity contribution in [2.75, 3.05) is 31.6 Å². The summed E-state index contributed by atoms with van der Waals surface area (Å²) in [5.41, 5.74) is 2.21. The topological polar surface area (TPSA) is 58.3 Å². The summed E-state index contributed by atoms with van der Waals surface area (Å²) < 4.78 is 5.45. The van der Waals surface area contributed by atoms with Gasteiger partial charge in [0.1, 0.15) is 5.82 Å². The molecule has 2 aromatic heterocycles. The maximum absolute atomic E-state index is 5.45. The third kappa shape index (κ3) is 4.39. The lowest BCUT2D eigenvalue weighted by Gasteiger charge is -2.38. The van der Waals surface area contributed by atoms with Gasteiger partial charge < -0.3 is 14.3 Å². The smallest absolute Gasteiger partial charge is 0.259 e. The van der Waals surface area contributed by atoms with E-state index in [1.807, 2.05) is 24.4 Å². The monoisotopic (exact) mass is 377 g/mol. The molecule has 6 heteroatoms. The molecule has 3 aromatic rings. The predicted octanol–water partition coefficient (Wildman–Crippen LogP) is 3.45. The molecule has 1 fully saturated rings. The van der Waals surface area contributed by atoms with Crippen molar-refractivity contribution in [2.24, 2.45) is 0 Å². The molecule has 1 atom stereocenters. The Labute approximate surface area is 166 Å². The van der Waals surface area contributed by atoms with Crippen molar-refractivity contribution in [2.45, 2.75) is 32.2 Å². The van der Waals surface area contributed by atoms with Gasteiger partial charge in [0.05, 0.1) is 5.56 Å². The van der Waals surface area contributed by atoms with Gasteiger partial charge in [-0.25, -0.2) is 4.98 Å². The van der Waals surface area contributed by atoms with Crippen molar-refractivity contribution >= 4 is 5.82 Å². The zero-order valence-corrected chi connectivity index (χ0v) is 16.6. The number of aromatic nitrogens is 3. The highest BCUT2D eigenvalue weighted by Crippen LogP contribution is 2.21. The van der Waals surface area contributed by atoms with Crippen molar-refractivity contribution in [3.05, 3.63) is 60.0 Å². The molecule has 0 amide bonds. The van der Waals surface area contributed by atoms with Crippen LogP contribution >= 0.6 is 0 Å². The average Bonchev–Trinajstić information content (AvgIpc) is 3.20. The van der Waals surface area contributed by atoms with E-state index in [0.717, 1.165) is 56.1 Å². The fourth-order valence-corrected chi connectivity index (χ4v) is 3.52. The Balaban J connectivity index is 1.34. The van der Waals surface area contributed by atoms with Crippen LogP contribution in [-0.2, 0) is 12.8 Å². The molecule has 0 N–H and O–H groups in total. The number of piperazine rings is 1. The van der Waals surface area contributed by atoms with E-state index in [1.165, 1.54) is 5.56 Å². The molecule has 4 rings (SSSR count). The number of benzene rings is 1. The Morgan fingerprint density at radius 1 is 1.07 bits per heavy atom. The lowest BCUT2D eigenvalue weighted by atomic mass is 10.1. The maximum Gasteiger partial charge on any atom is 0.259 e. The molecule has 0 bridgehead atoms. The molecule has 0 radical (unpaired) electrons. The molecule has 1 saturated heterocycles. The first kappa shape index (κ1) is 18.6. The standard InChI is InChI=1S/C22H27N5O/c1-17-16-27(14-13-26(17)2)21-12-11-19(15-23-21)22-24-20(25-28-22)10-6-9-18-7-4-3-5-8-18/h3-5,7-8,11-12,15,17H,6,9-10,13-14,16H2,1-2H3. The van der Waals surface area contributed by atoms with Crippen LogP contribution in [0.4, 0.5) is 5.82 Å². The molecule has 1 aliphatic heterocycles. The van der Waals surface area contributed by atoms with Gasteiger partial charge >= 0.3 is 0 Å². The van der Waals surface area contributed by atoms with Crippen LogP contribution in [0.5, 0.6) is 0 Å². The summed E-state index contributed by atoms with van der Waals surface area (Å²) in [6.07, 6.45) is 4.66. The summed E-state index contributed by atoms with van der Waals surface area (Å²) >= 11 is 0. The van der Waals surface area contributed by atoms with Gasteiger partial charge in [0.15, 0.2) is 5.82 Å². The summed E-state index contributed by atoms with van der Waals surface area (Å²) in [5.74, 6) is 2.30. The lowest BCUT2D eigenvalue weighted by Crippen LogP contribution is -2.50. The summed E-state index contributed by atoms with van der Waals surface area (Å²) in [4.78, 5) is 13.9. The molecule has 1 unspecified atom stereocenters. The molecule has 28 heavy (non-hydrogen) atoms. The quantitative estimate of drug-likeness (QED) is 0.656. The Morgan fingerprint density at radius 2 is 1.93 bits per heavy atom. The van der Waals surface area contributed by atoms with Crippen LogP contribution in [0.1, 0.15) is 24.7 Å². The minimum absolute atomic E-state index is 0.532. The Kier molecular flexibility index (Phi) is 5.67. The first-order chi connectivity index (χ1) is 13.7. The van der Waals surface area contributed by atoms with Crippen LogP contribution in [0.25, 0.3) is 11.5 Å². The van der Waals surface area contributed by atoms with E-state index in [9.17, 15) is 0 Å². The van der Waals surface area contributed by atoms with E-state index in [2.05, 4.69) is 63.2 Å². The Hall–Kier alpha value is -2.73. The highest BCUT2D eigenvalue weighted by molar-refractivity contribution is 5.54. The third-order valence-corrected chi connectivity index (χ3v) is 5.46. The summed E-state index contributed by atoms with van der Waals surface area (Å²) in [6, 6.07) is 15.1. The van der Waals surface area contributed by atoms with Crippen LogP contribution in [0.3, 0.4) is 0 Å². The highest BCUT2D eigenvalue weighted by Gasteiger charge is 2.21. The second-order valence-corrected chi connectivity index (χ2v) is 7.54. The average molecular weight is 377 g/mol. The molecule has 0 spiro atoms. The van der Waals surface area contributed by atoms with Gasteiger partial charge in [-0.15, -0.1) is 0 Å². The molecular weight excluding hydrogens is 350 g/mol. The fraction of sp³-hybridized carbons (Fsp3) is 0.409. The number of hydrogen-bond donors (Lipinski definition) is 0. The molecule has 1 aromatic carbocycles. The van der Waals surface area contributed by atoms with E-state index in [-0.39, 0.29) is 0 Å². The molecule has 6 nitrogen and oxygen atoms in total. The number of nitrogens with zero attached hydrogens (tertiary/aromatic N) is 5. The van der Waals surface area contributed by atoms with E-state index < -0.39 is 0 Å². The summed E-state index contributed by atoms with van der Waals surface area (Å²) in [7, 11) is 2.17. The minimum atomic E-state index is 0.532. The molecule has 146 valence electrons. The van der Waals surface area contributed by atoms with Crippen LogP contribution in [0.2, 0.25) is 0 Å². The fourth-order valence-electron chi connectivity index (χ4n) is 3.52. The van der Waals surface area contributed by atoms with Gasteiger partial charge in [0.25, 0.3) is 5.89 Å². The highest BCUT2D eigenvalue weighted by atomic mass is 16.5. The lowest BCUT2D eigenvalue weighted by molar-refractivity contribution is 0.233. The van der Waals surface area contributed by atoms with Gasteiger partial charge in [0.2, 0.25) is 0 Å². The van der Waals surface area contributed by atoms with Crippen LogP contribution in [0, 0.1) is 0 Å². The van der Waals surface area contributed by atoms with Crippen LogP contribution in [0.15, 0.2) is 53.2 Å². The van der Waals surface area contributed by atoms with E-state index >= 15 is 0 Å². The summed E-state index contributed by atoms with van der Waals surface area (Å²) in [5, 5.41) is 4.12. The largest absolute Gasteiger partial charge is 0.354 e. The molecule has 3 heterocycles. The zero-order valence-electron chi connectivity index (χ0n) is 16.6. The number of rotatable bonds is 6. The van der Waals surface area contributed by atoms with E-state index in [4.69, 9.17) is 4.52 Å². The van der Waals surface area contributed by atoms with Crippen LogP contribution in [-0.4, -0.2) is 52.7 Å². The predicted molar refractivity (Wildman–Crippen MR) is 110 cm³/mol. The van der Waals surface area contributed by atoms with Crippen molar-refractivity contribution in [1.82, 2.24) is 20.0 Å². The van der Waals surface area contributed by atoms with Crippen molar-refractivity contribution < 1.29 is 4.52 Å². The number of pyridine rings is 1. The normalized spacial score (nSPS) is 17.8. The second-order valence-electron chi connectivity index (χ2n) is 7.54. The number of hydrogen-bond acceptors (Lipinski definition) is 6. The van der Waals surface area contributed by atoms with Crippen molar-refractivity contribution in [3.63, 3.8) is 0 Å². The van der Waals surface area contributed by atoms with E-state index in [0.29, 0.717) is 11.9 Å². The Morgan fingerprint density at radius 3 is 2.68 bits per heavy atom. The zero-order chi connectivity index (χ0) is 19.3. The van der Waals surface area contributed by atoms with Gasteiger partial charge in [-0.2, -0.15) is 4.98 Å². The van der Waals surface area contributed by atoms with Crippen molar-refractivity contribution in [3.8, 4) is 11.5 Å². The summed E-state index contributed by atoms with van der Waals surface area (Å²) in [6.45, 7) is 5.30. The van der Waals surface area contributed by atoms with Gasteiger partial charge in [0, 0.05) is 38.3 Å². The third-order valence-electron chi connectivity index (χ3n) is 5.46.